The maximum absolute atomic E-state index is 12.5. The first-order chi connectivity index (χ1) is 13.5. The molecule has 1 heterocycles. The number of rotatable bonds is 3. The van der Waals surface area contributed by atoms with E-state index < -0.39 is 0 Å². The normalized spacial score (nSPS) is 14.8. The Bertz CT molecular complexity index is 870. The Kier molecular flexibility index (Phi) is 7.12. The third kappa shape index (κ3) is 5.59. The van der Waals surface area contributed by atoms with E-state index in [9.17, 15) is 9.59 Å². The maximum Gasteiger partial charge on any atom is 0.321 e. The fourth-order valence-corrected chi connectivity index (χ4v) is 3.50. The first kappa shape index (κ1) is 20.4. The van der Waals surface area contributed by atoms with Crippen LogP contribution in [0.15, 0.2) is 59.1 Å². The third-order valence-electron chi connectivity index (χ3n) is 4.50. The summed E-state index contributed by atoms with van der Waals surface area (Å²) in [4.78, 5) is 28.5. The van der Waals surface area contributed by atoms with E-state index >= 15 is 0 Å². The molecular weight excluding hydrogens is 442 g/mol. The third-order valence-corrected chi connectivity index (χ3v) is 5.48. The zero-order valence-electron chi connectivity index (χ0n) is 15.3. The standard InChI is InChI=1S/C21H21BrClN3O2/c22-19-5-2-1-4-16(19)6-11-20(27)25-12-3-13-26(15-14-25)21(28)24-18-9-7-17(23)8-10-18/h1-2,4-11H,3,12-15H2,(H,24,28)/b11-6+. The summed E-state index contributed by atoms with van der Waals surface area (Å²) < 4.78 is 0.944. The minimum atomic E-state index is -0.166. The van der Waals surface area contributed by atoms with Gasteiger partial charge in [-0.05, 0) is 48.4 Å². The van der Waals surface area contributed by atoms with Gasteiger partial charge in [-0.25, -0.2) is 4.79 Å². The van der Waals surface area contributed by atoms with Crippen molar-refractivity contribution >= 4 is 51.2 Å². The Labute approximate surface area is 178 Å². The fraction of sp³-hybridized carbons (Fsp3) is 0.238. The smallest absolute Gasteiger partial charge is 0.321 e. The molecule has 0 aromatic heterocycles. The second-order valence-electron chi connectivity index (χ2n) is 6.46. The maximum atomic E-state index is 12.5. The van der Waals surface area contributed by atoms with Crippen LogP contribution in [0.4, 0.5) is 10.5 Å². The van der Waals surface area contributed by atoms with E-state index in [0.29, 0.717) is 36.9 Å². The number of anilines is 1. The molecule has 146 valence electrons. The molecule has 0 aliphatic carbocycles. The van der Waals surface area contributed by atoms with E-state index in [1.165, 1.54) is 0 Å². The van der Waals surface area contributed by atoms with Gasteiger partial charge < -0.3 is 15.1 Å². The molecule has 0 atom stereocenters. The van der Waals surface area contributed by atoms with E-state index in [2.05, 4.69) is 21.2 Å². The van der Waals surface area contributed by atoms with Gasteiger partial charge in [0.05, 0.1) is 0 Å². The van der Waals surface area contributed by atoms with Crippen LogP contribution in [0.5, 0.6) is 0 Å². The van der Waals surface area contributed by atoms with Gasteiger partial charge in [0, 0.05) is 47.4 Å². The van der Waals surface area contributed by atoms with Crippen LogP contribution in [-0.4, -0.2) is 47.9 Å². The molecule has 3 amide bonds. The van der Waals surface area contributed by atoms with Crippen molar-refractivity contribution in [2.45, 2.75) is 6.42 Å². The first-order valence-corrected chi connectivity index (χ1v) is 10.2. The lowest BCUT2D eigenvalue weighted by molar-refractivity contribution is -0.125. The zero-order chi connectivity index (χ0) is 19.9. The molecule has 2 aromatic rings. The van der Waals surface area contributed by atoms with Gasteiger partial charge in [-0.1, -0.05) is 45.7 Å². The summed E-state index contributed by atoms with van der Waals surface area (Å²) in [5.74, 6) is -0.0456. The number of nitrogens with zero attached hydrogens (tertiary/aromatic N) is 2. The molecule has 1 saturated heterocycles. The Morgan fingerprint density at radius 1 is 0.964 bits per heavy atom. The molecule has 2 aromatic carbocycles. The molecule has 0 spiro atoms. The molecule has 0 bridgehead atoms. The number of halogens is 2. The summed E-state index contributed by atoms with van der Waals surface area (Å²) in [6.07, 6.45) is 4.13. The number of carbonyl (C=O) groups is 2. The Hall–Kier alpha value is -2.31. The van der Waals surface area contributed by atoms with Gasteiger partial charge in [0.15, 0.2) is 0 Å². The van der Waals surface area contributed by atoms with Crippen LogP contribution < -0.4 is 5.32 Å². The molecular formula is C21H21BrClN3O2. The average Bonchev–Trinajstić information content (AvgIpc) is 2.95. The molecule has 0 unspecified atom stereocenters. The Balaban J connectivity index is 1.55. The van der Waals surface area contributed by atoms with Gasteiger partial charge in [0.1, 0.15) is 0 Å². The molecule has 3 rings (SSSR count). The van der Waals surface area contributed by atoms with Gasteiger partial charge >= 0.3 is 6.03 Å². The minimum absolute atomic E-state index is 0.0456. The van der Waals surface area contributed by atoms with Crippen molar-refractivity contribution in [2.24, 2.45) is 0 Å². The number of carbonyl (C=O) groups excluding carboxylic acids is 2. The molecule has 1 N–H and O–H groups in total. The van der Waals surface area contributed by atoms with E-state index in [1.54, 1.807) is 40.1 Å². The van der Waals surface area contributed by atoms with Crippen LogP contribution in [0.3, 0.4) is 0 Å². The molecule has 1 aliphatic heterocycles. The van der Waals surface area contributed by atoms with Crippen molar-refractivity contribution < 1.29 is 9.59 Å². The van der Waals surface area contributed by atoms with Crippen molar-refractivity contribution in [1.29, 1.82) is 0 Å². The van der Waals surface area contributed by atoms with Gasteiger partial charge in [-0.2, -0.15) is 0 Å². The fourth-order valence-electron chi connectivity index (χ4n) is 2.95. The van der Waals surface area contributed by atoms with Crippen molar-refractivity contribution in [3.05, 3.63) is 69.7 Å². The highest BCUT2D eigenvalue weighted by atomic mass is 79.9. The summed E-state index contributed by atoms with van der Waals surface area (Å²) >= 11 is 9.34. The highest BCUT2D eigenvalue weighted by molar-refractivity contribution is 9.10. The van der Waals surface area contributed by atoms with Crippen LogP contribution in [0, 0.1) is 0 Å². The molecule has 1 aliphatic rings. The second kappa shape index (κ2) is 9.75. The molecule has 1 fully saturated rings. The van der Waals surface area contributed by atoms with Gasteiger partial charge in [-0.3, -0.25) is 4.79 Å². The van der Waals surface area contributed by atoms with Crippen LogP contribution in [0.1, 0.15) is 12.0 Å². The van der Waals surface area contributed by atoms with Crippen LogP contribution >= 0.6 is 27.5 Å². The SMILES string of the molecule is O=C(/C=C/c1ccccc1Br)N1CCCN(C(=O)Nc2ccc(Cl)cc2)CC1. The van der Waals surface area contributed by atoms with E-state index in [-0.39, 0.29) is 11.9 Å². The van der Waals surface area contributed by atoms with Crippen molar-refractivity contribution in [3.8, 4) is 0 Å². The Morgan fingerprint density at radius 3 is 2.39 bits per heavy atom. The van der Waals surface area contributed by atoms with Crippen molar-refractivity contribution in [1.82, 2.24) is 9.80 Å². The van der Waals surface area contributed by atoms with Gasteiger partial charge in [-0.15, -0.1) is 0 Å². The van der Waals surface area contributed by atoms with Crippen LogP contribution in [0.25, 0.3) is 6.08 Å². The summed E-state index contributed by atoms with van der Waals surface area (Å²) in [5, 5.41) is 3.49. The van der Waals surface area contributed by atoms with Crippen molar-refractivity contribution in [3.63, 3.8) is 0 Å². The predicted molar refractivity (Wildman–Crippen MR) is 116 cm³/mol. The molecule has 7 heteroatoms. The predicted octanol–water partition coefficient (Wildman–Crippen LogP) is 4.88. The summed E-state index contributed by atoms with van der Waals surface area (Å²) in [5.41, 5.74) is 1.65. The topological polar surface area (TPSA) is 52.7 Å². The van der Waals surface area contributed by atoms with E-state index in [0.717, 1.165) is 16.5 Å². The largest absolute Gasteiger partial charge is 0.337 e. The number of amides is 3. The Morgan fingerprint density at radius 2 is 1.64 bits per heavy atom. The lowest BCUT2D eigenvalue weighted by Gasteiger charge is -2.22. The number of urea groups is 1. The zero-order valence-corrected chi connectivity index (χ0v) is 17.6. The highest BCUT2D eigenvalue weighted by Crippen LogP contribution is 2.18. The van der Waals surface area contributed by atoms with E-state index in [4.69, 9.17) is 11.6 Å². The lowest BCUT2D eigenvalue weighted by Crippen LogP contribution is -2.39. The molecule has 5 nitrogen and oxygen atoms in total. The average molecular weight is 463 g/mol. The first-order valence-electron chi connectivity index (χ1n) is 9.06. The highest BCUT2D eigenvalue weighted by Gasteiger charge is 2.21. The summed E-state index contributed by atoms with van der Waals surface area (Å²) in [6, 6.07) is 14.6. The number of hydrogen-bond acceptors (Lipinski definition) is 2. The quantitative estimate of drug-likeness (QED) is 0.661. The van der Waals surface area contributed by atoms with Crippen LogP contribution in [0.2, 0.25) is 5.02 Å². The molecule has 0 saturated carbocycles. The van der Waals surface area contributed by atoms with Gasteiger partial charge in [0.2, 0.25) is 5.91 Å². The molecule has 0 radical (unpaired) electrons. The number of hydrogen-bond donors (Lipinski definition) is 1. The monoisotopic (exact) mass is 461 g/mol. The number of nitrogens with one attached hydrogen (secondary N) is 1. The van der Waals surface area contributed by atoms with Crippen LogP contribution in [-0.2, 0) is 4.79 Å². The van der Waals surface area contributed by atoms with Crippen molar-refractivity contribution in [2.75, 3.05) is 31.5 Å². The molecule has 28 heavy (non-hydrogen) atoms. The second-order valence-corrected chi connectivity index (χ2v) is 7.75. The van der Waals surface area contributed by atoms with Gasteiger partial charge in [0.25, 0.3) is 0 Å². The van der Waals surface area contributed by atoms with E-state index in [1.807, 2.05) is 30.3 Å². The summed E-state index contributed by atoms with van der Waals surface area (Å²) in [7, 11) is 0. The number of benzene rings is 2. The minimum Gasteiger partial charge on any atom is -0.337 e. The lowest BCUT2D eigenvalue weighted by atomic mass is 10.2. The summed E-state index contributed by atoms with van der Waals surface area (Å²) in [6.45, 7) is 2.24.